The molecule has 23 heavy (non-hydrogen) atoms. The first kappa shape index (κ1) is 21.9. The number of carbonyl (C=O) groups excluding carboxylic acids is 2. The van der Waals surface area contributed by atoms with E-state index in [1.165, 1.54) is 0 Å². The Labute approximate surface area is 141 Å². The average molecular weight is 328 g/mol. The van der Waals surface area contributed by atoms with Gasteiger partial charge in [-0.2, -0.15) is 0 Å². The van der Waals surface area contributed by atoms with Crippen molar-refractivity contribution in [2.45, 2.75) is 79.9 Å². The van der Waals surface area contributed by atoms with Crippen LogP contribution in [0.25, 0.3) is 0 Å². The zero-order valence-corrected chi connectivity index (χ0v) is 16.2. The van der Waals surface area contributed by atoms with Gasteiger partial charge >= 0.3 is 5.97 Å². The summed E-state index contributed by atoms with van der Waals surface area (Å²) in [7, 11) is 0. The van der Waals surface area contributed by atoms with E-state index in [-0.39, 0.29) is 23.2 Å². The maximum atomic E-state index is 12.1. The molecule has 0 heterocycles. The molecule has 136 valence electrons. The molecule has 1 amide bonds. The number of esters is 1. The Kier molecular flexibility index (Phi) is 8.25. The number of hydrogen-bond acceptors (Lipinski definition) is 4. The molecule has 5 nitrogen and oxygen atoms in total. The topological polar surface area (TPSA) is 81.4 Å². The Morgan fingerprint density at radius 1 is 1.09 bits per heavy atom. The van der Waals surface area contributed by atoms with Gasteiger partial charge in [-0.15, -0.1) is 0 Å². The fraction of sp³-hybridized carbons (Fsp3) is 0.889. The summed E-state index contributed by atoms with van der Waals surface area (Å²) < 4.78 is 5.38. The second kappa shape index (κ2) is 8.67. The quantitative estimate of drug-likeness (QED) is 0.704. The molecule has 3 N–H and O–H groups in total. The fourth-order valence-electron chi connectivity index (χ4n) is 2.27. The van der Waals surface area contributed by atoms with Crippen LogP contribution in [0.1, 0.15) is 68.2 Å². The maximum Gasteiger partial charge on any atom is 0.306 e. The Hall–Kier alpha value is -1.10. The van der Waals surface area contributed by atoms with E-state index < -0.39 is 11.6 Å². The largest absolute Gasteiger partial charge is 0.460 e. The number of rotatable bonds is 7. The van der Waals surface area contributed by atoms with Crippen molar-refractivity contribution in [1.82, 2.24) is 5.32 Å². The van der Waals surface area contributed by atoms with E-state index in [0.29, 0.717) is 18.9 Å². The highest BCUT2D eigenvalue weighted by atomic mass is 16.6. The standard InChI is InChI=1S/C18H36N2O3/c1-12(2)9-13(10-14(21)23-18(6,7)8)11-20-16(22)15(19)17(3,4)5/h12-13,15H,9-11,19H2,1-8H3,(H,20,22)/t13?,15-/m1/s1. The summed E-state index contributed by atoms with van der Waals surface area (Å²) in [4.78, 5) is 24.2. The van der Waals surface area contributed by atoms with Crippen molar-refractivity contribution in [2.75, 3.05) is 6.54 Å². The molecule has 0 aromatic carbocycles. The molecule has 0 spiro atoms. The van der Waals surface area contributed by atoms with Crippen LogP contribution >= 0.6 is 0 Å². The number of nitrogens with two attached hydrogens (primary N) is 1. The molecule has 0 saturated carbocycles. The molecule has 0 aromatic rings. The van der Waals surface area contributed by atoms with Crippen LogP contribution in [-0.4, -0.2) is 30.1 Å². The summed E-state index contributed by atoms with van der Waals surface area (Å²) in [5, 5.41) is 2.89. The summed E-state index contributed by atoms with van der Waals surface area (Å²) in [5.41, 5.74) is 5.18. The first-order valence-corrected chi connectivity index (χ1v) is 8.47. The predicted molar refractivity (Wildman–Crippen MR) is 93.8 cm³/mol. The Morgan fingerprint density at radius 2 is 1.61 bits per heavy atom. The van der Waals surface area contributed by atoms with Gasteiger partial charge in [-0.1, -0.05) is 34.6 Å². The minimum Gasteiger partial charge on any atom is -0.460 e. The van der Waals surface area contributed by atoms with Crippen molar-refractivity contribution in [2.24, 2.45) is 23.0 Å². The van der Waals surface area contributed by atoms with Gasteiger partial charge in [0.2, 0.25) is 5.91 Å². The highest BCUT2D eigenvalue weighted by molar-refractivity contribution is 5.82. The predicted octanol–water partition coefficient (Wildman–Crippen LogP) is 2.87. The van der Waals surface area contributed by atoms with Crippen LogP contribution in [0.15, 0.2) is 0 Å². The zero-order valence-electron chi connectivity index (χ0n) is 16.2. The van der Waals surface area contributed by atoms with Crippen molar-refractivity contribution in [3.05, 3.63) is 0 Å². The highest BCUT2D eigenvalue weighted by Crippen LogP contribution is 2.20. The molecule has 5 heteroatoms. The summed E-state index contributed by atoms with van der Waals surface area (Å²) in [6.45, 7) is 16.0. The Balaban J connectivity index is 4.63. The van der Waals surface area contributed by atoms with Gasteiger partial charge in [0.15, 0.2) is 0 Å². The minimum atomic E-state index is -0.566. The third-order valence-corrected chi connectivity index (χ3v) is 3.46. The van der Waals surface area contributed by atoms with Crippen molar-refractivity contribution in [3.8, 4) is 0 Å². The maximum absolute atomic E-state index is 12.1. The van der Waals surface area contributed by atoms with E-state index in [0.717, 1.165) is 6.42 Å². The molecule has 0 aromatic heterocycles. The third kappa shape index (κ3) is 10.3. The summed E-state index contributed by atoms with van der Waals surface area (Å²) in [6, 6.07) is -0.566. The van der Waals surface area contributed by atoms with Crippen molar-refractivity contribution in [3.63, 3.8) is 0 Å². The van der Waals surface area contributed by atoms with Crippen LogP contribution in [0, 0.1) is 17.3 Å². The first-order valence-electron chi connectivity index (χ1n) is 8.47. The number of hydrogen-bond donors (Lipinski definition) is 2. The second-order valence-corrected chi connectivity index (χ2v) is 8.87. The van der Waals surface area contributed by atoms with E-state index in [4.69, 9.17) is 10.5 Å². The second-order valence-electron chi connectivity index (χ2n) is 8.87. The minimum absolute atomic E-state index is 0.0565. The first-order chi connectivity index (χ1) is 10.2. The van der Waals surface area contributed by atoms with Crippen LogP contribution in [0.2, 0.25) is 0 Å². The number of nitrogens with one attached hydrogen (secondary N) is 1. The van der Waals surface area contributed by atoms with Gasteiger partial charge in [-0.25, -0.2) is 0 Å². The monoisotopic (exact) mass is 328 g/mol. The summed E-state index contributed by atoms with van der Waals surface area (Å²) in [6.07, 6.45) is 1.16. The van der Waals surface area contributed by atoms with Gasteiger partial charge in [0, 0.05) is 6.54 Å². The lowest BCUT2D eigenvalue weighted by Gasteiger charge is -2.27. The third-order valence-electron chi connectivity index (χ3n) is 3.46. The van der Waals surface area contributed by atoms with Gasteiger partial charge in [0.25, 0.3) is 0 Å². The normalized spacial score (nSPS) is 15.2. The smallest absolute Gasteiger partial charge is 0.306 e. The SMILES string of the molecule is CC(C)CC(CNC(=O)[C@@H](N)C(C)(C)C)CC(=O)OC(C)(C)C. The van der Waals surface area contributed by atoms with Crippen LogP contribution in [-0.2, 0) is 14.3 Å². The van der Waals surface area contributed by atoms with Crippen LogP contribution in [0.4, 0.5) is 0 Å². The molecule has 0 bridgehead atoms. The molecule has 2 atom stereocenters. The number of amides is 1. The van der Waals surface area contributed by atoms with E-state index in [1.54, 1.807) is 0 Å². The zero-order chi connectivity index (χ0) is 18.4. The van der Waals surface area contributed by atoms with Crippen LogP contribution < -0.4 is 11.1 Å². The van der Waals surface area contributed by atoms with Crippen molar-refractivity contribution in [1.29, 1.82) is 0 Å². The number of carbonyl (C=O) groups is 2. The Morgan fingerprint density at radius 3 is 2.00 bits per heavy atom. The molecular weight excluding hydrogens is 292 g/mol. The van der Waals surface area contributed by atoms with Crippen molar-refractivity contribution >= 4 is 11.9 Å². The molecule has 0 aliphatic heterocycles. The molecule has 0 radical (unpaired) electrons. The lowest BCUT2D eigenvalue weighted by Crippen LogP contribution is -2.49. The van der Waals surface area contributed by atoms with Gasteiger partial charge in [0.05, 0.1) is 12.5 Å². The Bertz CT molecular complexity index is 392. The summed E-state index contributed by atoms with van der Waals surface area (Å²) >= 11 is 0. The highest BCUT2D eigenvalue weighted by Gasteiger charge is 2.28. The lowest BCUT2D eigenvalue weighted by atomic mass is 9.86. The van der Waals surface area contributed by atoms with E-state index in [2.05, 4.69) is 19.2 Å². The number of ether oxygens (including phenoxy) is 1. The van der Waals surface area contributed by atoms with Gasteiger partial charge in [-0.3, -0.25) is 9.59 Å². The van der Waals surface area contributed by atoms with E-state index in [9.17, 15) is 9.59 Å². The van der Waals surface area contributed by atoms with Crippen LogP contribution in [0.3, 0.4) is 0 Å². The van der Waals surface area contributed by atoms with Gasteiger partial charge < -0.3 is 15.8 Å². The lowest BCUT2D eigenvalue weighted by molar-refractivity contribution is -0.156. The molecule has 0 saturated heterocycles. The van der Waals surface area contributed by atoms with E-state index in [1.807, 2.05) is 41.5 Å². The molecule has 0 rings (SSSR count). The molecular formula is C18H36N2O3. The van der Waals surface area contributed by atoms with Gasteiger partial charge in [-0.05, 0) is 44.4 Å². The summed E-state index contributed by atoms with van der Waals surface area (Å²) in [5.74, 6) is 0.101. The van der Waals surface area contributed by atoms with Gasteiger partial charge in [0.1, 0.15) is 5.60 Å². The molecule has 1 unspecified atom stereocenters. The fourth-order valence-corrected chi connectivity index (χ4v) is 2.27. The molecule has 0 aliphatic rings. The van der Waals surface area contributed by atoms with Crippen molar-refractivity contribution < 1.29 is 14.3 Å². The van der Waals surface area contributed by atoms with E-state index >= 15 is 0 Å². The van der Waals surface area contributed by atoms with Crippen LogP contribution in [0.5, 0.6) is 0 Å². The molecule has 0 fully saturated rings. The average Bonchev–Trinajstić information content (AvgIpc) is 2.30. The molecule has 0 aliphatic carbocycles.